The lowest BCUT2D eigenvalue weighted by Gasteiger charge is -2.16. The Balaban J connectivity index is 1.45. The van der Waals surface area contributed by atoms with Crippen molar-refractivity contribution in [2.45, 2.75) is 20.0 Å². The highest BCUT2D eigenvalue weighted by Crippen LogP contribution is 2.20. The van der Waals surface area contributed by atoms with E-state index >= 15 is 0 Å². The lowest BCUT2D eigenvalue weighted by Crippen LogP contribution is -2.38. The molecular formula is C22H23NO3. The Morgan fingerprint density at radius 3 is 2.54 bits per heavy atom. The number of rotatable bonds is 7. The molecule has 0 saturated carbocycles. The summed E-state index contributed by atoms with van der Waals surface area (Å²) in [6.07, 6.45) is -0.559. The molecule has 0 aliphatic heterocycles. The van der Waals surface area contributed by atoms with E-state index in [9.17, 15) is 4.79 Å². The first kappa shape index (κ1) is 17.8. The molecule has 0 radical (unpaired) electrons. The van der Waals surface area contributed by atoms with Crippen molar-refractivity contribution in [3.63, 3.8) is 0 Å². The molecule has 0 unspecified atom stereocenters. The van der Waals surface area contributed by atoms with Crippen LogP contribution in [0.15, 0.2) is 66.7 Å². The number of benzene rings is 3. The molecule has 1 amide bonds. The van der Waals surface area contributed by atoms with Gasteiger partial charge >= 0.3 is 0 Å². The van der Waals surface area contributed by atoms with Crippen molar-refractivity contribution in [1.29, 1.82) is 0 Å². The summed E-state index contributed by atoms with van der Waals surface area (Å²) in [6, 6.07) is 21.8. The molecule has 3 rings (SSSR count). The summed E-state index contributed by atoms with van der Waals surface area (Å²) in [5.41, 5.74) is 1.01. The van der Waals surface area contributed by atoms with E-state index in [1.165, 1.54) is 5.39 Å². The van der Waals surface area contributed by atoms with Crippen molar-refractivity contribution in [2.24, 2.45) is 0 Å². The molecule has 134 valence electrons. The molecule has 26 heavy (non-hydrogen) atoms. The molecule has 0 bridgehead atoms. The number of hydrogen-bond donors (Lipinski definition) is 1. The van der Waals surface area contributed by atoms with Crippen LogP contribution >= 0.6 is 0 Å². The molecule has 0 aromatic heterocycles. The third kappa shape index (κ3) is 4.54. The van der Waals surface area contributed by atoms with Crippen LogP contribution in [-0.2, 0) is 4.79 Å². The van der Waals surface area contributed by atoms with E-state index in [0.717, 1.165) is 22.4 Å². The van der Waals surface area contributed by atoms with Gasteiger partial charge in [0.25, 0.3) is 5.91 Å². The summed E-state index contributed by atoms with van der Waals surface area (Å²) < 4.78 is 11.4. The van der Waals surface area contributed by atoms with Crippen molar-refractivity contribution in [1.82, 2.24) is 5.32 Å². The van der Waals surface area contributed by atoms with Crippen LogP contribution in [0.4, 0.5) is 0 Å². The van der Waals surface area contributed by atoms with Gasteiger partial charge in [-0.15, -0.1) is 0 Å². The Labute approximate surface area is 153 Å². The molecule has 0 aliphatic rings. The van der Waals surface area contributed by atoms with Crippen molar-refractivity contribution in [3.05, 3.63) is 72.3 Å². The first-order chi connectivity index (χ1) is 12.6. The number of carbonyl (C=O) groups is 1. The maximum Gasteiger partial charge on any atom is 0.260 e. The van der Waals surface area contributed by atoms with Gasteiger partial charge in [0.1, 0.15) is 18.1 Å². The summed E-state index contributed by atoms with van der Waals surface area (Å²) in [7, 11) is 0. The molecule has 1 atom stereocenters. The fourth-order valence-corrected chi connectivity index (χ4v) is 2.68. The number of para-hydroxylation sites is 1. The number of carbonyl (C=O) groups excluding carboxylic acids is 1. The van der Waals surface area contributed by atoms with Crippen LogP contribution in [0.5, 0.6) is 11.5 Å². The van der Waals surface area contributed by atoms with E-state index in [2.05, 4.69) is 17.4 Å². The Kier molecular flexibility index (Phi) is 5.74. The standard InChI is InChI=1S/C22H23NO3/c1-16-7-3-6-10-21(16)26-17(2)22(24)23-13-14-25-20-12-11-18-8-4-5-9-19(18)15-20/h3-12,15,17H,13-14H2,1-2H3,(H,23,24)/t17-/m0/s1. The number of fused-ring (bicyclic) bond motifs is 1. The zero-order chi connectivity index (χ0) is 18.4. The van der Waals surface area contributed by atoms with Gasteiger partial charge in [-0.25, -0.2) is 0 Å². The second-order valence-corrected chi connectivity index (χ2v) is 6.17. The minimum atomic E-state index is -0.559. The van der Waals surface area contributed by atoms with E-state index < -0.39 is 6.10 Å². The average molecular weight is 349 g/mol. The number of nitrogens with one attached hydrogen (secondary N) is 1. The van der Waals surface area contributed by atoms with Gasteiger partial charge in [-0.2, -0.15) is 0 Å². The largest absolute Gasteiger partial charge is 0.492 e. The number of amides is 1. The van der Waals surface area contributed by atoms with E-state index in [-0.39, 0.29) is 5.91 Å². The van der Waals surface area contributed by atoms with Crippen LogP contribution in [0.2, 0.25) is 0 Å². The lowest BCUT2D eigenvalue weighted by atomic mass is 10.1. The van der Waals surface area contributed by atoms with Gasteiger partial charge in [0.05, 0.1) is 6.54 Å². The molecule has 4 heteroatoms. The van der Waals surface area contributed by atoms with Crippen LogP contribution in [-0.4, -0.2) is 25.2 Å². The summed E-state index contributed by atoms with van der Waals surface area (Å²) in [5.74, 6) is 1.36. The molecule has 3 aromatic carbocycles. The van der Waals surface area contributed by atoms with Gasteiger partial charge in [-0.3, -0.25) is 4.79 Å². The van der Waals surface area contributed by atoms with E-state index in [1.807, 2.05) is 61.5 Å². The maximum absolute atomic E-state index is 12.2. The monoisotopic (exact) mass is 349 g/mol. The van der Waals surface area contributed by atoms with Gasteiger partial charge in [0, 0.05) is 0 Å². The van der Waals surface area contributed by atoms with Crippen molar-refractivity contribution in [2.75, 3.05) is 13.2 Å². The van der Waals surface area contributed by atoms with Gasteiger partial charge in [-0.05, 0) is 48.4 Å². The van der Waals surface area contributed by atoms with Gasteiger partial charge in [0.15, 0.2) is 6.10 Å². The van der Waals surface area contributed by atoms with E-state index in [0.29, 0.717) is 13.2 Å². The third-order valence-corrected chi connectivity index (χ3v) is 4.16. The number of aryl methyl sites for hydroxylation is 1. The maximum atomic E-state index is 12.2. The second-order valence-electron chi connectivity index (χ2n) is 6.17. The molecular weight excluding hydrogens is 326 g/mol. The third-order valence-electron chi connectivity index (χ3n) is 4.16. The van der Waals surface area contributed by atoms with Crippen molar-refractivity contribution >= 4 is 16.7 Å². The number of hydrogen-bond acceptors (Lipinski definition) is 3. The lowest BCUT2D eigenvalue weighted by molar-refractivity contribution is -0.127. The fourth-order valence-electron chi connectivity index (χ4n) is 2.68. The zero-order valence-corrected chi connectivity index (χ0v) is 15.1. The Hall–Kier alpha value is -3.01. The molecule has 0 spiro atoms. The molecule has 1 N–H and O–H groups in total. The minimum Gasteiger partial charge on any atom is -0.492 e. The minimum absolute atomic E-state index is 0.157. The highest BCUT2D eigenvalue weighted by molar-refractivity contribution is 5.83. The molecule has 0 heterocycles. The van der Waals surface area contributed by atoms with Gasteiger partial charge in [0.2, 0.25) is 0 Å². The van der Waals surface area contributed by atoms with Crippen LogP contribution in [0, 0.1) is 6.92 Å². The summed E-state index contributed by atoms with van der Waals surface area (Å²) >= 11 is 0. The predicted octanol–water partition coefficient (Wildman–Crippen LogP) is 4.11. The first-order valence-electron chi connectivity index (χ1n) is 8.75. The van der Waals surface area contributed by atoms with Crippen molar-refractivity contribution < 1.29 is 14.3 Å². The zero-order valence-electron chi connectivity index (χ0n) is 15.1. The van der Waals surface area contributed by atoms with Crippen molar-refractivity contribution in [3.8, 4) is 11.5 Å². The topological polar surface area (TPSA) is 47.6 Å². The molecule has 0 saturated heterocycles. The first-order valence-corrected chi connectivity index (χ1v) is 8.75. The van der Waals surface area contributed by atoms with Crippen LogP contribution in [0.1, 0.15) is 12.5 Å². The van der Waals surface area contributed by atoms with Crippen LogP contribution < -0.4 is 14.8 Å². The van der Waals surface area contributed by atoms with E-state index in [4.69, 9.17) is 9.47 Å². The Morgan fingerprint density at radius 1 is 1.00 bits per heavy atom. The normalized spacial score (nSPS) is 11.8. The Morgan fingerprint density at radius 2 is 1.73 bits per heavy atom. The average Bonchev–Trinajstić information content (AvgIpc) is 2.66. The summed E-state index contributed by atoms with van der Waals surface area (Å²) in [6.45, 7) is 4.53. The quantitative estimate of drug-likeness (QED) is 0.653. The van der Waals surface area contributed by atoms with Crippen LogP contribution in [0.25, 0.3) is 10.8 Å². The SMILES string of the molecule is Cc1ccccc1O[C@@H](C)C(=O)NCCOc1ccc2ccccc2c1. The highest BCUT2D eigenvalue weighted by atomic mass is 16.5. The van der Waals surface area contributed by atoms with Gasteiger partial charge < -0.3 is 14.8 Å². The smallest absolute Gasteiger partial charge is 0.260 e. The molecule has 3 aromatic rings. The van der Waals surface area contributed by atoms with E-state index in [1.54, 1.807) is 6.92 Å². The van der Waals surface area contributed by atoms with Crippen LogP contribution in [0.3, 0.4) is 0 Å². The Bertz CT molecular complexity index is 891. The summed E-state index contributed by atoms with van der Waals surface area (Å²) in [4.78, 5) is 12.2. The molecule has 4 nitrogen and oxygen atoms in total. The molecule has 0 fully saturated rings. The second kappa shape index (κ2) is 8.39. The molecule has 0 aliphatic carbocycles. The van der Waals surface area contributed by atoms with Gasteiger partial charge in [-0.1, -0.05) is 48.5 Å². The fraction of sp³-hybridized carbons (Fsp3) is 0.227. The predicted molar refractivity (Wildman–Crippen MR) is 104 cm³/mol. The number of ether oxygens (including phenoxy) is 2. The summed E-state index contributed by atoms with van der Waals surface area (Å²) in [5, 5.41) is 5.15. The highest BCUT2D eigenvalue weighted by Gasteiger charge is 2.14.